The summed E-state index contributed by atoms with van der Waals surface area (Å²) in [6, 6.07) is 95.3. The second-order valence-corrected chi connectivity index (χ2v) is 23.1. The Balaban J connectivity index is 1.00. The van der Waals surface area contributed by atoms with Crippen LogP contribution in [-0.4, -0.2) is 60.8 Å². The molecule has 1 aliphatic rings. The van der Waals surface area contributed by atoms with E-state index in [-0.39, 0.29) is 26.4 Å². The molecule has 8 heteroatoms. The number of carbonyl (C=O) groups is 2. The first-order valence-corrected chi connectivity index (χ1v) is 30.6. The first-order valence-electron chi connectivity index (χ1n) is 30.6. The van der Waals surface area contributed by atoms with E-state index >= 15 is 0 Å². The fraction of sp³-hybridized carbons (Fsp3) is 0.108. The lowest BCUT2D eigenvalue weighted by Gasteiger charge is -2.35. The molecule has 12 aromatic carbocycles. The molecule has 0 amide bonds. The molecule has 0 spiro atoms. The molecule has 0 saturated carbocycles. The highest BCUT2D eigenvalue weighted by Gasteiger charge is 2.47. The Kier molecular flexibility index (Phi) is 17.2. The molecular formula is C83H66O8. The summed E-state index contributed by atoms with van der Waals surface area (Å²) in [5, 5.41) is 26.4. The summed E-state index contributed by atoms with van der Waals surface area (Å²) in [5.74, 6) is 0.000815. The van der Waals surface area contributed by atoms with Gasteiger partial charge in [-0.05, 0) is 182 Å². The molecule has 2 atom stereocenters. The van der Waals surface area contributed by atoms with E-state index in [2.05, 4.69) is 232 Å². The van der Waals surface area contributed by atoms with Crippen LogP contribution in [0.25, 0.3) is 77.2 Å². The topological polar surface area (TPSA) is 112 Å². The zero-order chi connectivity index (χ0) is 62.3. The second kappa shape index (κ2) is 26.4. The number of fused-ring (bicyclic) bond motifs is 5. The van der Waals surface area contributed by atoms with Gasteiger partial charge in [-0.2, -0.15) is 0 Å². The molecule has 8 nitrogen and oxygen atoms in total. The van der Waals surface area contributed by atoms with Crippen LogP contribution in [0.15, 0.2) is 292 Å². The van der Waals surface area contributed by atoms with Crippen LogP contribution >= 0.6 is 0 Å². The molecule has 0 saturated heterocycles. The van der Waals surface area contributed by atoms with E-state index in [1.54, 1.807) is 0 Å². The van der Waals surface area contributed by atoms with Crippen molar-refractivity contribution in [2.75, 3.05) is 26.4 Å². The minimum absolute atomic E-state index is 0.0865. The zero-order valence-electron chi connectivity index (χ0n) is 50.2. The van der Waals surface area contributed by atoms with Crippen LogP contribution < -0.4 is 9.47 Å². The van der Waals surface area contributed by atoms with E-state index in [1.807, 2.05) is 48.5 Å². The smallest absolute Gasteiger partial charge is 0.330 e. The molecular weight excluding hydrogens is 1120 g/mol. The van der Waals surface area contributed by atoms with Gasteiger partial charge in [-0.3, -0.25) is 0 Å². The number of aliphatic hydroxyl groups is 2. The lowest BCUT2D eigenvalue weighted by molar-refractivity contribution is -0.142. The number of ether oxygens (including phenoxy) is 4. The van der Waals surface area contributed by atoms with Crippen LogP contribution in [-0.2, 0) is 37.3 Å². The molecule has 12 aromatic rings. The predicted molar refractivity (Wildman–Crippen MR) is 364 cm³/mol. The summed E-state index contributed by atoms with van der Waals surface area (Å²) in [7, 11) is 0. The van der Waals surface area contributed by atoms with Gasteiger partial charge in [0, 0.05) is 25.0 Å². The van der Waals surface area contributed by atoms with Crippen LogP contribution in [0, 0.1) is 0 Å². The SMILES string of the molecule is C=CC(=O)OCC(O)COc1ccc(-c2cccc(C3(c4cccc(-c5ccc(OCC(O)COC(=O)C=C)c(Cc6ccccc6)c5)c4)c4cc(-c5ccc6ccccc6c5)ccc4-c4ccc(-c5ccc6ccccc6c5)cc43)c2)cc1Cc1ccccc1. The minimum atomic E-state index is -1.06. The van der Waals surface area contributed by atoms with Gasteiger partial charge in [0.1, 0.15) is 50.1 Å². The highest BCUT2D eigenvalue weighted by atomic mass is 16.6. The summed E-state index contributed by atoms with van der Waals surface area (Å²) in [5.41, 5.74) is 18.2. The largest absolute Gasteiger partial charge is 0.490 e. The number of esters is 2. The standard InChI is InChI=1S/C83H66O8/c1-3-81(86)90-53-73(84)51-88-79-39-35-65(45-69(79)41-55-17-7-5-8-18-55)61-25-15-27-71(47-61)83(72-28-16-26-62(48-72)66-36-40-80(89-52-74(85)54-91-82(87)4-2)70(46-66)42-56-19-9-6-10-20-56)77-49-67(63-31-29-57-21-11-13-23-59(57)43-63)33-37-75(77)76-38-34-68(50-78(76)83)64-32-30-58-22-12-14-24-60(58)44-64/h3-40,43-50,73-74,84-85H,1-2,41-42,51-54H2. The minimum Gasteiger partial charge on any atom is -0.490 e. The molecule has 91 heavy (non-hydrogen) atoms. The van der Waals surface area contributed by atoms with Crippen LogP contribution in [0.2, 0.25) is 0 Å². The Morgan fingerprint density at radius 2 is 0.725 bits per heavy atom. The van der Waals surface area contributed by atoms with Gasteiger partial charge in [0.15, 0.2) is 0 Å². The fourth-order valence-electron chi connectivity index (χ4n) is 12.7. The van der Waals surface area contributed by atoms with Gasteiger partial charge in [0.05, 0.1) is 5.41 Å². The Bertz CT molecular complexity index is 4390. The van der Waals surface area contributed by atoms with Crippen LogP contribution in [0.1, 0.15) is 44.5 Å². The number of aliphatic hydroxyl groups excluding tert-OH is 2. The summed E-state index contributed by atoms with van der Waals surface area (Å²) < 4.78 is 23.0. The third-order valence-electron chi connectivity index (χ3n) is 17.2. The summed E-state index contributed by atoms with van der Waals surface area (Å²) >= 11 is 0. The van der Waals surface area contributed by atoms with Crippen molar-refractivity contribution in [3.05, 3.63) is 337 Å². The Morgan fingerprint density at radius 1 is 0.363 bits per heavy atom. The highest BCUT2D eigenvalue weighted by molar-refractivity contribution is 5.94. The van der Waals surface area contributed by atoms with Crippen LogP contribution in [0.5, 0.6) is 11.5 Å². The summed E-state index contributed by atoms with van der Waals surface area (Å²) in [4.78, 5) is 23.8. The number of hydrogen-bond donors (Lipinski definition) is 2. The fourth-order valence-corrected chi connectivity index (χ4v) is 12.7. The first kappa shape index (κ1) is 59.1. The van der Waals surface area contributed by atoms with E-state index in [0.717, 1.165) is 123 Å². The normalized spacial score (nSPS) is 12.7. The van der Waals surface area contributed by atoms with Crippen molar-refractivity contribution in [1.82, 2.24) is 0 Å². The zero-order valence-corrected chi connectivity index (χ0v) is 50.2. The van der Waals surface area contributed by atoms with Gasteiger partial charge >= 0.3 is 11.9 Å². The maximum absolute atomic E-state index is 11.9. The molecule has 0 aromatic heterocycles. The van der Waals surface area contributed by atoms with Gasteiger partial charge in [-0.25, -0.2) is 9.59 Å². The maximum Gasteiger partial charge on any atom is 0.330 e. The highest BCUT2D eigenvalue weighted by Crippen LogP contribution is 2.58. The summed E-state index contributed by atoms with van der Waals surface area (Å²) in [6.45, 7) is 6.32. The van der Waals surface area contributed by atoms with Gasteiger partial charge < -0.3 is 29.2 Å². The average Bonchev–Trinajstić information content (AvgIpc) is 1.55. The predicted octanol–water partition coefficient (Wildman–Crippen LogP) is 17.1. The third-order valence-corrected chi connectivity index (χ3v) is 17.2. The van der Waals surface area contributed by atoms with E-state index in [4.69, 9.17) is 18.9 Å². The van der Waals surface area contributed by atoms with E-state index in [0.29, 0.717) is 24.3 Å². The van der Waals surface area contributed by atoms with Crippen molar-refractivity contribution in [3.8, 4) is 67.1 Å². The van der Waals surface area contributed by atoms with Gasteiger partial charge in [0.25, 0.3) is 0 Å². The Morgan fingerprint density at radius 3 is 1.15 bits per heavy atom. The Hall–Kier alpha value is -10.9. The average molecular weight is 1190 g/mol. The maximum atomic E-state index is 11.9. The molecule has 0 fully saturated rings. The molecule has 0 aliphatic heterocycles. The lowest BCUT2D eigenvalue weighted by atomic mass is 9.66. The molecule has 0 heterocycles. The first-order chi connectivity index (χ1) is 44.6. The molecule has 13 rings (SSSR count). The number of hydrogen-bond acceptors (Lipinski definition) is 8. The van der Waals surface area contributed by atoms with Gasteiger partial charge in [-0.1, -0.05) is 219 Å². The van der Waals surface area contributed by atoms with Gasteiger partial charge in [0.2, 0.25) is 0 Å². The molecule has 0 bridgehead atoms. The number of rotatable bonds is 22. The van der Waals surface area contributed by atoms with Crippen molar-refractivity contribution < 1.29 is 38.7 Å². The van der Waals surface area contributed by atoms with E-state index in [1.165, 1.54) is 10.8 Å². The van der Waals surface area contributed by atoms with E-state index in [9.17, 15) is 19.8 Å². The molecule has 1 aliphatic carbocycles. The van der Waals surface area contributed by atoms with Crippen molar-refractivity contribution in [3.63, 3.8) is 0 Å². The number of benzene rings is 12. The van der Waals surface area contributed by atoms with Crippen molar-refractivity contribution in [2.45, 2.75) is 30.5 Å². The van der Waals surface area contributed by atoms with Crippen molar-refractivity contribution in [1.29, 1.82) is 0 Å². The second-order valence-electron chi connectivity index (χ2n) is 23.1. The number of carbonyl (C=O) groups excluding carboxylic acids is 2. The van der Waals surface area contributed by atoms with E-state index < -0.39 is 29.6 Å². The molecule has 2 unspecified atom stereocenters. The molecule has 0 radical (unpaired) electrons. The summed E-state index contributed by atoms with van der Waals surface area (Å²) in [6.07, 6.45) is 1.15. The van der Waals surface area contributed by atoms with Crippen molar-refractivity contribution >= 4 is 33.5 Å². The molecule has 446 valence electrons. The lowest BCUT2D eigenvalue weighted by Crippen LogP contribution is -2.29. The monoisotopic (exact) mass is 1190 g/mol. The third kappa shape index (κ3) is 12.6. The van der Waals surface area contributed by atoms with Crippen LogP contribution in [0.4, 0.5) is 0 Å². The van der Waals surface area contributed by atoms with Crippen LogP contribution in [0.3, 0.4) is 0 Å². The van der Waals surface area contributed by atoms with Crippen molar-refractivity contribution in [2.24, 2.45) is 0 Å². The quantitative estimate of drug-likeness (QED) is 0.0510. The van der Waals surface area contributed by atoms with Gasteiger partial charge in [-0.15, -0.1) is 0 Å². The Labute approximate surface area is 530 Å². The molecule has 2 N–H and O–H groups in total.